The average molecular weight is 318 g/mol. The van der Waals surface area contributed by atoms with Crippen molar-refractivity contribution in [3.05, 3.63) is 59.5 Å². The lowest BCUT2D eigenvalue weighted by molar-refractivity contribution is 1.13. The van der Waals surface area contributed by atoms with Gasteiger partial charge in [-0.1, -0.05) is 12.1 Å². The summed E-state index contributed by atoms with van der Waals surface area (Å²) in [6.45, 7) is 4.15. The number of aryl methyl sites for hydroxylation is 2. The van der Waals surface area contributed by atoms with Gasteiger partial charge in [0.15, 0.2) is 5.82 Å². The molecule has 112 valence electrons. The van der Waals surface area contributed by atoms with Crippen LogP contribution in [-0.4, -0.2) is 19.9 Å². The lowest BCUT2D eigenvalue weighted by atomic mass is 10.1. The predicted molar refractivity (Wildman–Crippen MR) is 93.4 cm³/mol. The molecule has 0 spiro atoms. The highest BCUT2D eigenvalue weighted by Crippen LogP contribution is 2.38. The van der Waals surface area contributed by atoms with Gasteiger partial charge in [-0.2, -0.15) is 0 Å². The van der Waals surface area contributed by atoms with E-state index in [2.05, 4.69) is 27.9 Å². The third kappa shape index (κ3) is 2.39. The molecule has 0 amide bonds. The molecule has 4 heterocycles. The van der Waals surface area contributed by atoms with Gasteiger partial charge in [-0.05, 0) is 32.0 Å². The summed E-state index contributed by atoms with van der Waals surface area (Å²) in [5, 5.41) is 0. The van der Waals surface area contributed by atoms with E-state index in [1.807, 2.05) is 37.4 Å². The van der Waals surface area contributed by atoms with Crippen molar-refractivity contribution in [2.45, 2.75) is 13.8 Å². The van der Waals surface area contributed by atoms with Crippen molar-refractivity contribution in [3.63, 3.8) is 0 Å². The number of pyridine rings is 2. The Kier molecular flexibility index (Phi) is 3.35. The summed E-state index contributed by atoms with van der Waals surface area (Å²) >= 11 is 1.73. The Balaban J connectivity index is 2.02. The van der Waals surface area contributed by atoms with E-state index >= 15 is 0 Å². The maximum atomic E-state index is 4.81. The molecule has 5 heteroatoms. The maximum Gasteiger partial charge on any atom is 0.179 e. The molecular formula is C18H14N4S. The SMILES string of the molecule is Cc1sc2c(C)nc(-c3ccccn3)nc2c1-c1cccnc1. The number of thiophene rings is 1. The fourth-order valence-electron chi connectivity index (χ4n) is 2.69. The number of nitrogens with zero attached hydrogens (tertiary/aromatic N) is 4. The highest BCUT2D eigenvalue weighted by Gasteiger charge is 2.17. The van der Waals surface area contributed by atoms with Crippen LogP contribution in [0.2, 0.25) is 0 Å². The number of hydrogen-bond acceptors (Lipinski definition) is 5. The minimum Gasteiger partial charge on any atom is -0.264 e. The van der Waals surface area contributed by atoms with Crippen LogP contribution in [0, 0.1) is 13.8 Å². The number of aromatic nitrogens is 4. The van der Waals surface area contributed by atoms with Crippen LogP contribution in [0.25, 0.3) is 32.9 Å². The summed E-state index contributed by atoms with van der Waals surface area (Å²) in [6, 6.07) is 9.80. The lowest BCUT2D eigenvalue weighted by Crippen LogP contribution is -1.94. The molecule has 0 unspecified atom stereocenters. The van der Waals surface area contributed by atoms with E-state index in [1.54, 1.807) is 23.7 Å². The number of hydrogen-bond donors (Lipinski definition) is 0. The zero-order chi connectivity index (χ0) is 15.8. The van der Waals surface area contributed by atoms with Gasteiger partial charge in [0.05, 0.1) is 15.9 Å². The molecular weight excluding hydrogens is 304 g/mol. The molecule has 4 nitrogen and oxygen atoms in total. The van der Waals surface area contributed by atoms with Crippen molar-refractivity contribution in [1.29, 1.82) is 0 Å². The molecule has 0 fully saturated rings. The average Bonchev–Trinajstić information content (AvgIpc) is 2.93. The molecule has 23 heavy (non-hydrogen) atoms. The molecule has 4 aromatic rings. The van der Waals surface area contributed by atoms with E-state index in [0.717, 1.165) is 32.7 Å². The second-order valence-electron chi connectivity index (χ2n) is 5.30. The minimum absolute atomic E-state index is 0.665. The van der Waals surface area contributed by atoms with Crippen molar-refractivity contribution in [2.24, 2.45) is 0 Å². The molecule has 0 saturated carbocycles. The minimum atomic E-state index is 0.665. The van der Waals surface area contributed by atoms with Crippen molar-refractivity contribution in [1.82, 2.24) is 19.9 Å². The summed E-state index contributed by atoms with van der Waals surface area (Å²) in [7, 11) is 0. The largest absolute Gasteiger partial charge is 0.264 e. The van der Waals surface area contributed by atoms with Gasteiger partial charge in [-0.25, -0.2) is 9.97 Å². The van der Waals surface area contributed by atoms with Crippen molar-refractivity contribution in [3.8, 4) is 22.6 Å². The predicted octanol–water partition coefficient (Wildman–Crippen LogP) is 4.43. The first-order chi connectivity index (χ1) is 11.2. The van der Waals surface area contributed by atoms with Gasteiger partial charge in [0.1, 0.15) is 5.69 Å². The van der Waals surface area contributed by atoms with E-state index < -0.39 is 0 Å². The van der Waals surface area contributed by atoms with E-state index in [9.17, 15) is 0 Å². The first kappa shape index (κ1) is 14.0. The van der Waals surface area contributed by atoms with E-state index in [4.69, 9.17) is 4.98 Å². The fourth-order valence-corrected chi connectivity index (χ4v) is 3.75. The third-order valence-corrected chi connectivity index (χ3v) is 4.93. The number of fused-ring (bicyclic) bond motifs is 1. The first-order valence-electron chi connectivity index (χ1n) is 7.33. The summed E-state index contributed by atoms with van der Waals surface area (Å²) in [5.41, 5.74) is 4.98. The summed E-state index contributed by atoms with van der Waals surface area (Å²) in [5.74, 6) is 0.665. The van der Waals surface area contributed by atoms with E-state index in [0.29, 0.717) is 5.82 Å². The van der Waals surface area contributed by atoms with Gasteiger partial charge in [-0.15, -0.1) is 11.3 Å². The van der Waals surface area contributed by atoms with Crippen LogP contribution >= 0.6 is 11.3 Å². The monoisotopic (exact) mass is 318 g/mol. The topological polar surface area (TPSA) is 51.6 Å². The maximum absolute atomic E-state index is 4.81. The van der Waals surface area contributed by atoms with Crippen LogP contribution in [0.5, 0.6) is 0 Å². The molecule has 0 aliphatic carbocycles. The molecule has 0 atom stereocenters. The van der Waals surface area contributed by atoms with Gasteiger partial charge < -0.3 is 0 Å². The van der Waals surface area contributed by atoms with Crippen molar-refractivity contribution >= 4 is 21.6 Å². The first-order valence-corrected chi connectivity index (χ1v) is 8.15. The van der Waals surface area contributed by atoms with Gasteiger partial charge in [0.2, 0.25) is 0 Å². The molecule has 0 bridgehead atoms. The quantitative estimate of drug-likeness (QED) is 0.548. The zero-order valence-electron chi connectivity index (χ0n) is 12.8. The van der Waals surface area contributed by atoms with Crippen LogP contribution in [0.1, 0.15) is 10.6 Å². The van der Waals surface area contributed by atoms with E-state index in [-0.39, 0.29) is 0 Å². The number of rotatable bonds is 2. The molecule has 0 aromatic carbocycles. The lowest BCUT2D eigenvalue weighted by Gasteiger charge is -2.04. The van der Waals surface area contributed by atoms with Gasteiger partial charge in [-0.3, -0.25) is 9.97 Å². The summed E-state index contributed by atoms with van der Waals surface area (Å²) in [4.78, 5) is 19.3. The van der Waals surface area contributed by atoms with Crippen LogP contribution in [-0.2, 0) is 0 Å². The van der Waals surface area contributed by atoms with Gasteiger partial charge in [0.25, 0.3) is 0 Å². The van der Waals surface area contributed by atoms with Crippen LogP contribution in [0.4, 0.5) is 0 Å². The second-order valence-corrected chi connectivity index (χ2v) is 6.53. The molecule has 4 rings (SSSR count). The molecule has 4 aromatic heterocycles. The Morgan fingerprint density at radius 1 is 0.957 bits per heavy atom. The Labute approximate surface area is 137 Å². The normalized spacial score (nSPS) is 11.0. The summed E-state index contributed by atoms with van der Waals surface area (Å²) in [6.07, 6.45) is 5.43. The molecule has 0 saturated heterocycles. The highest BCUT2D eigenvalue weighted by atomic mass is 32.1. The molecule has 0 radical (unpaired) electrons. The smallest absolute Gasteiger partial charge is 0.179 e. The highest BCUT2D eigenvalue weighted by molar-refractivity contribution is 7.19. The van der Waals surface area contributed by atoms with Crippen LogP contribution in [0.15, 0.2) is 48.9 Å². The Bertz CT molecular complexity index is 978. The summed E-state index contributed by atoms with van der Waals surface area (Å²) < 4.78 is 1.13. The zero-order valence-corrected chi connectivity index (χ0v) is 13.6. The van der Waals surface area contributed by atoms with E-state index in [1.165, 1.54) is 4.88 Å². The standard InChI is InChI=1S/C18H14N4S/c1-11-17-16(22-18(21-11)14-7-3-4-9-20-14)15(12(2)23-17)13-6-5-8-19-10-13/h3-10H,1-2H3. The second kappa shape index (κ2) is 5.52. The van der Waals surface area contributed by atoms with Crippen LogP contribution < -0.4 is 0 Å². The van der Waals surface area contributed by atoms with Crippen molar-refractivity contribution in [2.75, 3.05) is 0 Å². The fraction of sp³-hybridized carbons (Fsp3) is 0.111. The molecule has 0 N–H and O–H groups in total. The van der Waals surface area contributed by atoms with Gasteiger partial charge in [0, 0.05) is 34.6 Å². The molecule has 0 aliphatic heterocycles. The molecule has 0 aliphatic rings. The van der Waals surface area contributed by atoms with Crippen LogP contribution in [0.3, 0.4) is 0 Å². The Hall–Kier alpha value is -2.66. The Morgan fingerprint density at radius 3 is 2.61 bits per heavy atom. The van der Waals surface area contributed by atoms with Gasteiger partial charge >= 0.3 is 0 Å². The Morgan fingerprint density at radius 2 is 1.87 bits per heavy atom. The third-order valence-electron chi connectivity index (χ3n) is 3.72. The van der Waals surface area contributed by atoms with Crippen molar-refractivity contribution < 1.29 is 0 Å².